The predicted molar refractivity (Wildman–Crippen MR) is 169 cm³/mol. The van der Waals surface area contributed by atoms with Gasteiger partial charge in [-0.05, 0) is 104 Å². The third-order valence-electron chi connectivity index (χ3n) is 12.3. The second kappa shape index (κ2) is 12.0. The molecule has 5 nitrogen and oxygen atoms in total. The van der Waals surface area contributed by atoms with Crippen LogP contribution in [0.2, 0.25) is 0 Å². The Hall–Kier alpha value is -1.66. The maximum Gasteiger partial charge on any atom is 0.302 e. The molecule has 0 saturated heterocycles. The monoisotopic (exact) mass is 597 g/mol. The molecule has 0 radical (unpaired) electrons. The smallest absolute Gasteiger partial charge is 0.302 e. The molecule has 1 aromatic carbocycles. The molecule has 0 aromatic heterocycles. The van der Waals surface area contributed by atoms with E-state index in [1.165, 1.54) is 51.0 Å². The number of benzene rings is 1. The number of hydrogen-bond donors (Lipinski definition) is 1. The minimum absolute atomic E-state index is 0.0232. The number of aryl methyl sites for hydroxylation is 1. The average Bonchev–Trinajstić information content (AvgIpc) is 3.26. The molecule has 9 atom stereocenters. The zero-order chi connectivity index (χ0) is 30.4. The zero-order valence-electron chi connectivity index (χ0n) is 27.1. The van der Waals surface area contributed by atoms with Gasteiger partial charge in [0.05, 0.1) is 4.90 Å². The number of nitrogens with one attached hydrogen (secondary N) is 1. The van der Waals surface area contributed by atoms with Gasteiger partial charge in [-0.15, -0.1) is 0 Å². The molecule has 1 N–H and O–H groups in total. The first kappa shape index (κ1) is 31.8. The molecule has 0 bridgehead atoms. The molecule has 6 heteroatoms. The van der Waals surface area contributed by atoms with Gasteiger partial charge in [0.1, 0.15) is 6.10 Å². The number of fused-ring (bicyclic) bond motifs is 5. The van der Waals surface area contributed by atoms with Gasteiger partial charge in [-0.2, -0.15) is 0 Å². The number of ether oxygens (including phenoxy) is 1. The van der Waals surface area contributed by atoms with Crippen molar-refractivity contribution in [2.75, 3.05) is 0 Å². The molecule has 42 heavy (non-hydrogen) atoms. The van der Waals surface area contributed by atoms with E-state index < -0.39 is 10.0 Å². The van der Waals surface area contributed by atoms with Crippen LogP contribution in [-0.2, 0) is 19.6 Å². The summed E-state index contributed by atoms with van der Waals surface area (Å²) in [5, 5.41) is 0. The number of hydrogen-bond acceptors (Lipinski definition) is 4. The summed E-state index contributed by atoms with van der Waals surface area (Å²) >= 11 is 0. The van der Waals surface area contributed by atoms with Crippen LogP contribution in [-0.4, -0.2) is 26.5 Å². The summed E-state index contributed by atoms with van der Waals surface area (Å²) in [6.07, 6.45) is 13.4. The standard InChI is InChI=1S/C36H55NO4S/c1-23(2)9-8-10-25(4)30-15-16-31-34-32(18-20-36(30,31)7)35(6)19-17-28(41-26(5)38)21-27(35)22-33(34)37-42(39,40)29-13-11-24(3)12-14-29/h11-14,22-23,25,28,30-34,37H,8-10,15-21H2,1-7H3/t25?,28-,30?,31?,32?,33-,34?,35-,36+/m0/s1. The number of esters is 1. The van der Waals surface area contributed by atoms with Gasteiger partial charge in [-0.1, -0.05) is 83.2 Å². The summed E-state index contributed by atoms with van der Waals surface area (Å²) in [7, 11) is -3.70. The molecule has 0 spiro atoms. The molecule has 0 aliphatic heterocycles. The Kier molecular flexibility index (Phi) is 9.09. The van der Waals surface area contributed by atoms with Crippen LogP contribution in [0.4, 0.5) is 0 Å². The van der Waals surface area contributed by atoms with E-state index in [4.69, 9.17) is 4.74 Å². The highest BCUT2D eigenvalue weighted by Crippen LogP contribution is 2.67. The van der Waals surface area contributed by atoms with E-state index >= 15 is 0 Å². The fraction of sp³-hybridized carbons (Fsp3) is 0.750. The summed E-state index contributed by atoms with van der Waals surface area (Å²) in [6.45, 7) is 15.6. The molecule has 234 valence electrons. The van der Waals surface area contributed by atoms with Gasteiger partial charge in [0, 0.05) is 19.4 Å². The molecular formula is C36H55NO4S. The molecule has 1 aromatic rings. The molecule has 3 fully saturated rings. The number of carbonyl (C=O) groups is 1. The molecule has 4 aliphatic rings. The topological polar surface area (TPSA) is 72.5 Å². The van der Waals surface area contributed by atoms with Crippen molar-refractivity contribution in [1.29, 1.82) is 0 Å². The van der Waals surface area contributed by atoms with Gasteiger partial charge in [-0.25, -0.2) is 13.1 Å². The quantitative estimate of drug-likeness (QED) is 0.230. The van der Waals surface area contributed by atoms with Gasteiger partial charge < -0.3 is 4.74 Å². The van der Waals surface area contributed by atoms with Gasteiger partial charge in [0.25, 0.3) is 0 Å². The zero-order valence-corrected chi connectivity index (χ0v) is 27.9. The Morgan fingerprint density at radius 3 is 2.38 bits per heavy atom. The van der Waals surface area contributed by atoms with Crippen molar-refractivity contribution in [3.63, 3.8) is 0 Å². The van der Waals surface area contributed by atoms with E-state index in [1.54, 1.807) is 12.1 Å². The van der Waals surface area contributed by atoms with E-state index in [1.807, 2.05) is 19.1 Å². The highest BCUT2D eigenvalue weighted by atomic mass is 32.2. The lowest BCUT2D eigenvalue weighted by atomic mass is 9.46. The molecule has 0 heterocycles. The van der Waals surface area contributed by atoms with Crippen LogP contribution in [0.15, 0.2) is 40.8 Å². The van der Waals surface area contributed by atoms with E-state index in [2.05, 4.69) is 45.4 Å². The largest absolute Gasteiger partial charge is 0.462 e. The Balaban J connectivity index is 1.48. The average molecular weight is 598 g/mol. The second-order valence-corrected chi connectivity index (χ2v) is 17.1. The molecule has 5 rings (SSSR count). The van der Waals surface area contributed by atoms with E-state index in [0.29, 0.717) is 35.0 Å². The maximum atomic E-state index is 13.8. The van der Waals surface area contributed by atoms with Gasteiger partial charge in [-0.3, -0.25) is 4.79 Å². The lowest BCUT2D eigenvalue weighted by Crippen LogP contribution is -2.58. The second-order valence-electron chi connectivity index (χ2n) is 15.4. The first-order valence-corrected chi connectivity index (χ1v) is 18.2. The van der Waals surface area contributed by atoms with Crippen molar-refractivity contribution in [3.8, 4) is 0 Å². The summed E-state index contributed by atoms with van der Waals surface area (Å²) < 4.78 is 36.6. The minimum atomic E-state index is -3.70. The van der Waals surface area contributed by atoms with Crippen molar-refractivity contribution in [2.45, 2.75) is 130 Å². The van der Waals surface area contributed by atoms with Crippen molar-refractivity contribution in [1.82, 2.24) is 4.72 Å². The highest BCUT2D eigenvalue weighted by Gasteiger charge is 2.61. The molecular weight excluding hydrogens is 542 g/mol. The Labute approximate surface area is 255 Å². The summed E-state index contributed by atoms with van der Waals surface area (Å²) in [5.41, 5.74) is 2.60. The summed E-state index contributed by atoms with van der Waals surface area (Å²) in [4.78, 5) is 12.2. The van der Waals surface area contributed by atoms with Gasteiger partial charge in [0.2, 0.25) is 10.0 Å². The normalized spacial score (nSPS) is 36.9. The van der Waals surface area contributed by atoms with Crippen molar-refractivity contribution in [3.05, 3.63) is 41.5 Å². The van der Waals surface area contributed by atoms with Crippen LogP contribution in [0, 0.1) is 53.3 Å². The van der Waals surface area contributed by atoms with Crippen LogP contribution >= 0.6 is 0 Å². The van der Waals surface area contributed by atoms with E-state index in [0.717, 1.165) is 30.7 Å². The summed E-state index contributed by atoms with van der Waals surface area (Å²) in [6, 6.07) is 6.95. The molecule has 0 amide bonds. The van der Waals surface area contributed by atoms with Crippen LogP contribution < -0.4 is 4.72 Å². The van der Waals surface area contributed by atoms with E-state index in [9.17, 15) is 13.2 Å². The number of carbonyl (C=O) groups excluding carboxylic acids is 1. The number of sulfonamides is 1. The summed E-state index contributed by atoms with van der Waals surface area (Å²) in [5.74, 6) is 3.11. The van der Waals surface area contributed by atoms with Crippen molar-refractivity contribution >= 4 is 16.0 Å². The predicted octanol–water partition coefficient (Wildman–Crippen LogP) is 8.22. The fourth-order valence-corrected chi connectivity index (χ4v) is 11.3. The number of rotatable bonds is 9. The van der Waals surface area contributed by atoms with Crippen LogP contribution in [0.1, 0.15) is 111 Å². The van der Waals surface area contributed by atoms with Crippen molar-refractivity contribution < 1.29 is 17.9 Å². The Morgan fingerprint density at radius 1 is 1.00 bits per heavy atom. The lowest BCUT2D eigenvalue weighted by molar-refractivity contribution is -0.148. The Morgan fingerprint density at radius 2 is 1.71 bits per heavy atom. The lowest BCUT2D eigenvalue weighted by Gasteiger charge is -2.60. The Bertz CT molecular complexity index is 1270. The minimum Gasteiger partial charge on any atom is -0.462 e. The molecule has 4 aliphatic carbocycles. The maximum absolute atomic E-state index is 13.8. The molecule has 3 saturated carbocycles. The van der Waals surface area contributed by atoms with Crippen molar-refractivity contribution in [2.24, 2.45) is 46.3 Å². The first-order chi connectivity index (χ1) is 19.7. The highest BCUT2D eigenvalue weighted by molar-refractivity contribution is 7.89. The SMILES string of the molecule is CC(=O)O[C@H]1CC[C@@]2(C)C(=C[C@H](NS(=O)(=O)c3ccc(C)cc3)C3C4CCC(C(C)CCCC(C)C)[C@@]4(C)CCC32)C1. The first-order valence-electron chi connectivity index (χ1n) is 16.7. The molecule has 5 unspecified atom stereocenters. The third-order valence-corrected chi connectivity index (χ3v) is 13.7. The third kappa shape index (κ3) is 6.01. The van der Waals surface area contributed by atoms with Crippen LogP contribution in [0.5, 0.6) is 0 Å². The van der Waals surface area contributed by atoms with Gasteiger partial charge >= 0.3 is 5.97 Å². The van der Waals surface area contributed by atoms with E-state index in [-0.39, 0.29) is 34.9 Å². The van der Waals surface area contributed by atoms with Gasteiger partial charge in [0.15, 0.2) is 0 Å². The fourth-order valence-electron chi connectivity index (χ4n) is 10.1. The van der Waals surface area contributed by atoms with Crippen LogP contribution in [0.3, 0.4) is 0 Å². The van der Waals surface area contributed by atoms with Crippen LogP contribution in [0.25, 0.3) is 0 Å².